The van der Waals surface area contributed by atoms with Crippen molar-refractivity contribution in [3.63, 3.8) is 0 Å². The van der Waals surface area contributed by atoms with Gasteiger partial charge in [0.1, 0.15) is 0 Å². The number of anilines is 2. The minimum atomic E-state index is -0.114. The second-order valence-corrected chi connectivity index (χ2v) is 5.41. The standard InChI is InChI=1S/C21H16N2O/c22-19-12-18(13-20(23)14-19)21(24)17-10-8-16(9-11-17)7-6-15-4-2-1-3-5-15/h1-5,8-14H,22-23H2. The van der Waals surface area contributed by atoms with E-state index in [0.717, 1.165) is 11.1 Å². The average Bonchev–Trinajstić information content (AvgIpc) is 2.60. The minimum Gasteiger partial charge on any atom is -0.399 e. The zero-order valence-corrected chi connectivity index (χ0v) is 13.0. The zero-order chi connectivity index (χ0) is 16.9. The fourth-order valence-electron chi connectivity index (χ4n) is 2.35. The molecular formula is C21H16N2O. The van der Waals surface area contributed by atoms with Gasteiger partial charge in [-0.15, -0.1) is 0 Å². The lowest BCUT2D eigenvalue weighted by molar-refractivity contribution is 0.103. The van der Waals surface area contributed by atoms with Gasteiger partial charge in [0.25, 0.3) is 0 Å². The highest BCUT2D eigenvalue weighted by Crippen LogP contribution is 2.17. The van der Waals surface area contributed by atoms with E-state index < -0.39 is 0 Å². The van der Waals surface area contributed by atoms with Gasteiger partial charge in [0.05, 0.1) is 0 Å². The predicted molar refractivity (Wildman–Crippen MR) is 97.6 cm³/mol. The molecular weight excluding hydrogens is 296 g/mol. The molecule has 3 heteroatoms. The first-order valence-corrected chi connectivity index (χ1v) is 7.50. The summed E-state index contributed by atoms with van der Waals surface area (Å²) in [6.07, 6.45) is 0. The fraction of sp³-hybridized carbons (Fsp3) is 0. The molecule has 0 aliphatic rings. The number of hydrogen-bond acceptors (Lipinski definition) is 3. The van der Waals surface area contributed by atoms with E-state index >= 15 is 0 Å². The Balaban J connectivity index is 1.82. The number of rotatable bonds is 2. The molecule has 116 valence electrons. The maximum Gasteiger partial charge on any atom is 0.193 e. The summed E-state index contributed by atoms with van der Waals surface area (Å²) >= 11 is 0. The Morgan fingerprint density at radius 1 is 0.667 bits per heavy atom. The second-order valence-electron chi connectivity index (χ2n) is 5.41. The molecule has 0 fully saturated rings. The van der Waals surface area contributed by atoms with Gasteiger partial charge in [-0.1, -0.05) is 30.0 Å². The number of carbonyl (C=O) groups excluding carboxylic acids is 1. The van der Waals surface area contributed by atoms with Crippen molar-refractivity contribution in [2.24, 2.45) is 0 Å². The summed E-state index contributed by atoms with van der Waals surface area (Å²) < 4.78 is 0. The quantitative estimate of drug-likeness (QED) is 0.432. The molecule has 3 nitrogen and oxygen atoms in total. The van der Waals surface area contributed by atoms with Gasteiger partial charge in [0.2, 0.25) is 0 Å². The largest absolute Gasteiger partial charge is 0.399 e. The van der Waals surface area contributed by atoms with Crippen LogP contribution >= 0.6 is 0 Å². The molecule has 0 heterocycles. The van der Waals surface area contributed by atoms with Crippen LogP contribution in [0.3, 0.4) is 0 Å². The van der Waals surface area contributed by atoms with Crippen LogP contribution in [-0.4, -0.2) is 5.78 Å². The van der Waals surface area contributed by atoms with Crippen LogP contribution in [0.4, 0.5) is 11.4 Å². The van der Waals surface area contributed by atoms with Gasteiger partial charge in [-0.25, -0.2) is 0 Å². The van der Waals surface area contributed by atoms with Crippen molar-refractivity contribution in [3.05, 3.63) is 95.1 Å². The lowest BCUT2D eigenvalue weighted by Gasteiger charge is -2.04. The normalized spacial score (nSPS) is 9.83. The van der Waals surface area contributed by atoms with Gasteiger partial charge in [0, 0.05) is 33.6 Å². The number of hydrogen-bond donors (Lipinski definition) is 2. The highest BCUT2D eigenvalue weighted by Gasteiger charge is 2.10. The van der Waals surface area contributed by atoms with E-state index in [-0.39, 0.29) is 5.78 Å². The molecule has 0 saturated carbocycles. The molecule has 0 aliphatic heterocycles. The number of nitrogen functional groups attached to an aromatic ring is 2. The monoisotopic (exact) mass is 312 g/mol. The molecule has 3 aromatic rings. The third-order valence-corrected chi connectivity index (χ3v) is 3.51. The first kappa shape index (κ1) is 15.4. The van der Waals surface area contributed by atoms with Gasteiger partial charge in [-0.3, -0.25) is 4.79 Å². The molecule has 0 bridgehead atoms. The van der Waals surface area contributed by atoms with E-state index in [2.05, 4.69) is 11.8 Å². The van der Waals surface area contributed by atoms with E-state index in [4.69, 9.17) is 11.5 Å². The summed E-state index contributed by atoms with van der Waals surface area (Å²) in [7, 11) is 0. The predicted octanol–water partition coefficient (Wildman–Crippen LogP) is 3.48. The van der Waals surface area contributed by atoms with Crippen molar-refractivity contribution >= 4 is 17.2 Å². The number of carbonyl (C=O) groups is 1. The van der Waals surface area contributed by atoms with Crippen molar-refractivity contribution < 1.29 is 4.79 Å². The summed E-state index contributed by atoms with van der Waals surface area (Å²) in [4.78, 5) is 12.5. The van der Waals surface area contributed by atoms with Gasteiger partial charge >= 0.3 is 0 Å². The third-order valence-electron chi connectivity index (χ3n) is 3.51. The molecule has 24 heavy (non-hydrogen) atoms. The number of ketones is 1. The van der Waals surface area contributed by atoms with E-state index in [1.165, 1.54) is 0 Å². The lowest BCUT2D eigenvalue weighted by atomic mass is 10.0. The Morgan fingerprint density at radius 3 is 1.79 bits per heavy atom. The molecule has 0 unspecified atom stereocenters. The molecule has 0 aromatic heterocycles. The second kappa shape index (κ2) is 6.72. The van der Waals surface area contributed by atoms with E-state index in [0.29, 0.717) is 22.5 Å². The molecule has 0 amide bonds. The number of nitrogens with two attached hydrogens (primary N) is 2. The first-order chi connectivity index (χ1) is 11.6. The minimum absolute atomic E-state index is 0.114. The molecule has 0 aliphatic carbocycles. The molecule has 0 saturated heterocycles. The molecule has 0 atom stereocenters. The zero-order valence-electron chi connectivity index (χ0n) is 13.0. The molecule has 3 aromatic carbocycles. The Morgan fingerprint density at radius 2 is 1.21 bits per heavy atom. The van der Waals surface area contributed by atoms with Crippen LogP contribution in [-0.2, 0) is 0 Å². The van der Waals surface area contributed by atoms with E-state index in [1.54, 1.807) is 30.3 Å². The maximum absolute atomic E-state index is 12.5. The summed E-state index contributed by atoms with van der Waals surface area (Å²) in [5, 5.41) is 0. The Labute approximate surface area is 140 Å². The highest BCUT2D eigenvalue weighted by atomic mass is 16.1. The molecule has 0 spiro atoms. The van der Waals surface area contributed by atoms with Crippen LogP contribution in [0.15, 0.2) is 72.8 Å². The smallest absolute Gasteiger partial charge is 0.193 e. The van der Waals surface area contributed by atoms with Crippen LogP contribution < -0.4 is 11.5 Å². The highest BCUT2D eigenvalue weighted by molar-refractivity contribution is 6.09. The fourth-order valence-corrected chi connectivity index (χ4v) is 2.35. The summed E-state index contributed by atoms with van der Waals surface area (Å²) in [6.45, 7) is 0. The van der Waals surface area contributed by atoms with Crippen molar-refractivity contribution in [2.75, 3.05) is 11.5 Å². The maximum atomic E-state index is 12.5. The van der Waals surface area contributed by atoms with Crippen LogP contribution in [0.1, 0.15) is 27.0 Å². The topological polar surface area (TPSA) is 69.1 Å². The van der Waals surface area contributed by atoms with Crippen LogP contribution in [0, 0.1) is 11.8 Å². The molecule has 4 N–H and O–H groups in total. The van der Waals surface area contributed by atoms with Crippen molar-refractivity contribution in [3.8, 4) is 11.8 Å². The Hall–Kier alpha value is -3.51. The third kappa shape index (κ3) is 3.63. The SMILES string of the molecule is Nc1cc(N)cc(C(=O)c2ccc(C#Cc3ccccc3)cc2)c1. The Kier molecular flexibility index (Phi) is 4.31. The van der Waals surface area contributed by atoms with Gasteiger partial charge in [0.15, 0.2) is 5.78 Å². The van der Waals surface area contributed by atoms with Gasteiger partial charge in [-0.2, -0.15) is 0 Å². The van der Waals surface area contributed by atoms with Gasteiger partial charge < -0.3 is 11.5 Å². The van der Waals surface area contributed by atoms with E-state index in [1.807, 2.05) is 42.5 Å². The number of benzene rings is 3. The lowest BCUT2D eigenvalue weighted by Crippen LogP contribution is -2.03. The first-order valence-electron chi connectivity index (χ1n) is 7.50. The summed E-state index contributed by atoms with van der Waals surface area (Å²) in [6, 6.07) is 21.8. The van der Waals surface area contributed by atoms with E-state index in [9.17, 15) is 4.79 Å². The Bertz CT molecular complexity index is 913. The molecule has 3 rings (SSSR count). The van der Waals surface area contributed by atoms with Crippen molar-refractivity contribution in [1.29, 1.82) is 0 Å². The van der Waals surface area contributed by atoms with Crippen LogP contribution in [0.25, 0.3) is 0 Å². The van der Waals surface area contributed by atoms with Gasteiger partial charge in [-0.05, 0) is 54.6 Å². The van der Waals surface area contributed by atoms with Crippen molar-refractivity contribution in [1.82, 2.24) is 0 Å². The molecule has 0 radical (unpaired) electrons. The van der Waals surface area contributed by atoms with Crippen LogP contribution in [0.5, 0.6) is 0 Å². The van der Waals surface area contributed by atoms with Crippen molar-refractivity contribution in [2.45, 2.75) is 0 Å². The average molecular weight is 312 g/mol. The summed E-state index contributed by atoms with van der Waals surface area (Å²) in [5.41, 5.74) is 15.3. The van der Waals surface area contributed by atoms with Crippen LogP contribution in [0.2, 0.25) is 0 Å². The summed E-state index contributed by atoms with van der Waals surface area (Å²) in [5.74, 6) is 6.06.